The Balaban J connectivity index is 2.13. The van der Waals surface area contributed by atoms with Gasteiger partial charge < -0.3 is 4.74 Å². The van der Waals surface area contributed by atoms with Gasteiger partial charge in [-0.05, 0) is 62.9 Å². The Bertz CT molecular complexity index is 1120. The standard InChI is InChI=1S/C24H27BrF4N2O3/c1-14-5-6-16(25)9-18(14)21(22(33)34-23(2,3)4)31-11-15(7-8-30-12-17(26)13-30)19(10-20(31)32)24(27,28)29/h5-6,9-11,17,21H,7-8,12-13H2,1-4H3. The van der Waals surface area contributed by atoms with Crippen molar-refractivity contribution in [2.45, 2.75) is 58.1 Å². The number of aromatic nitrogens is 1. The van der Waals surface area contributed by atoms with Crippen molar-refractivity contribution in [2.24, 2.45) is 0 Å². The Kier molecular flexibility index (Phi) is 7.62. The average molecular weight is 547 g/mol. The van der Waals surface area contributed by atoms with Crippen molar-refractivity contribution in [3.8, 4) is 0 Å². The minimum absolute atomic E-state index is 0.0552. The molecular formula is C24H27BrF4N2O3. The molecule has 10 heteroatoms. The van der Waals surface area contributed by atoms with E-state index in [2.05, 4.69) is 15.9 Å². The van der Waals surface area contributed by atoms with Crippen LogP contribution in [0.1, 0.15) is 49.1 Å². The molecule has 5 nitrogen and oxygen atoms in total. The molecule has 1 fully saturated rings. The molecule has 0 aliphatic carbocycles. The topological polar surface area (TPSA) is 51.5 Å². The third-order valence-electron chi connectivity index (χ3n) is 5.52. The van der Waals surface area contributed by atoms with Crippen LogP contribution in [0.5, 0.6) is 0 Å². The number of halogens is 5. The Labute approximate surface area is 203 Å². The van der Waals surface area contributed by atoms with E-state index in [9.17, 15) is 27.2 Å². The van der Waals surface area contributed by atoms with Gasteiger partial charge >= 0.3 is 12.1 Å². The van der Waals surface area contributed by atoms with Crippen molar-refractivity contribution in [3.05, 3.63) is 67.5 Å². The van der Waals surface area contributed by atoms with Crippen LogP contribution in [0, 0.1) is 6.92 Å². The molecule has 1 aliphatic rings. The van der Waals surface area contributed by atoms with E-state index in [1.54, 1.807) is 50.8 Å². The average Bonchev–Trinajstić information content (AvgIpc) is 2.66. The molecule has 1 aliphatic heterocycles. The fourth-order valence-electron chi connectivity index (χ4n) is 3.88. The van der Waals surface area contributed by atoms with Gasteiger partial charge in [-0.15, -0.1) is 0 Å². The van der Waals surface area contributed by atoms with E-state index < -0.39 is 41.1 Å². The summed E-state index contributed by atoms with van der Waals surface area (Å²) in [5.74, 6) is -0.760. The molecule has 0 spiro atoms. The number of hydrogen-bond donors (Lipinski definition) is 0. The number of esters is 1. The van der Waals surface area contributed by atoms with E-state index in [0.717, 1.165) is 10.8 Å². The highest BCUT2D eigenvalue weighted by molar-refractivity contribution is 9.10. The molecule has 0 bridgehead atoms. The molecule has 1 atom stereocenters. The molecule has 0 amide bonds. The van der Waals surface area contributed by atoms with E-state index in [1.165, 1.54) is 0 Å². The van der Waals surface area contributed by atoms with Crippen molar-refractivity contribution in [2.75, 3.05) is 19.6 Å². The molecule has 1 saturated heterocycles. The molecule has 0 saturated carbocycles. The summed E-state index contributed by atoms with van der Waals surface area (Å²) in [6.45, 7) is 7.28. The molecule has 2 heterocycles. The fraction of sp³-hybridized carbons (Fsp3) is 0.500. The van der Waals surface area contributed by atoms with Crippen molar-refractivity contribution < 1.29 is 27.1 Å². The maximum Gasteiger partial charge on any atom is 0.416 e. The first-order chi connectivity index (χ1) is 15.7. The second kappa shape index (κ2) is 9.81. The molecule has 3 rings (SSSR count). The summed E-state index contributed by atoms with van der Waals surface area (Å²) in [6, 6.07) is 4.38. The summed E-state index contributed by atoms with van der Waals surface area (Å²) in [5, 5.41) is 0. The molecule has 1 aromatic carbocycles. The summed E-state index contributed by atoms with van der Waals surface area (Å²) in [4.78, 5) is 27.9. The van der Waals surface area contributed by atoms with E-state index in [0.29, 0.717) is 21.7 Å². The zero-order valence-electron chi connectivity index (χ0n) is 19.4. The number of benzene rings is 1. The highest BCUT2D eigenvalue weighted by Crippen LogP contribution is 2.33. The third kappa shape index (κ3) is 6.27. The third-order valence-corrected chi connectivity index (χ3v) is 6.02. The number of carbonyl (C=O) groups excluding carboxylic acids is 1. The number of rotatable bonds is 6. The van der Waals surface area contributed by atoms with Crippen molar-refractivity contribution in [1.29, 1.82) is 0 Å². The number of nitrogens with zero attached hydrogens (tertiary/aromatic N) is 2. The van der Waals surface area contributed by atoms with Gasteiger partial charge in [0.15, 0.2) is 6.04 Å². The van der Waals surface area contributed by atoms with Gasteiger partial charge in [-0.1, -0.05) is 22.0 Å². The molecule has 0 radical (unpaired) electrons. The van der Waals surface area contributed by atoms with Crippen LogP contribution in [0.4, 0.5) is 17.6 Å². The summed E-state index contributed by atoms with van der Waals surface area (Å²) in [6.07, 6.45) is -4.70. The van der Waals surface area contributed by atoms with Gasteiger partial charge in [-0.2, -0.15) is 13.2 Å². The van der Waals surface area contributed by atoms with E-state index in [1.807, 2.05) is 0 Å². The van der Waals surface area contributed by atoms with E-state index in [4.69, 9.17) is 4.74 Å². The molecule has 2 aromatic rings. The predicted molar refractivity (Wildman–Crippen MR) is 124 cm³/mol. The van der Waals surface area contributed by atoms with E-state index in [-0.39, 0.29) is 31.6 Å². The van der Waals surface area contributed by atoms with Crippen molar-refractivity contribution in [3.63, 3.8) is 0 Å². The fourth-order valence-corrected chi connectivity index (χ4v) is 4.26. The first-order valence-corrected chi connectivity index (χ1v) is 11.6. The second-order valence-electron chi connectivity index (χ2n) is 9.50. The largest absolute Gasteiger partial charge is 0.458 e. The zero-order chi connectivity index (χ0) is 25.4. The van der Waals surface area contributed by atoms with Crippen LogP contribution < -0.4 is 5.56 Å². The van der Waals surface area contributed by atoms with Crippen LogP contribution in [0.2, 0.25) is 0 Å². The van der Waals surface area contributed by atoms with Crippen LogP contribution in [0.25, 0.3) is 0 Å². The van der Waals surface area contributed by atoms with Crippen LogP contribution >= 0.6 is 15.9 Å². The lowest BCUT2D eigenvalue weighted by atomic mass is 9.99. The minimum Gasteiger partial charge on any atom is -0.458 e. The normalized spacial score (nSPS) is 16.3. The summed E-state index contributed by atoms with van der Waals surface area (Å²) in [7, 11) is 0. The SMILES string of the molecule is Cc1ccc(Br)cc1C(C(=O)OC(C)(C)C)n1cc(CCN2CC(F)C2)c(C(F)(F)F)cc1=O. The van der Waals surface area contributed by atoms with Gasteiger partial charge in [0.25, 0.3) is 5.56 Å². The summed E-state index contributed by atoms with van der Waals surface area (Å²) < 4.78 is 61.6. The number of likely N-dealkylation sites (tertiary alicyclic amines) is 1. The number of carbonyl (C=O) groups is 1. The second-order valence-corrected chi connectivity index (χ2v) is 10.4. The Morgan fingerprint density at radius 2 is 1.85 bits per heavy atom. The van der Waals surface area contributed by atoms with Gasteiger partial charge in [-0.25, -0.2) is 9.18 Å². The van der Waals surface area contributed by atoms with Crippen LogP contribution in [0.3, 0.4) is 0 Å². The summed E-state index contributed by atoms with van der Waals surface area (Å²) in [5.41, 5.74) is -1.95. The highest BCUT2D eigenvalue weighted by atomic mass is 79.9. The predicted octanol–water partition coefficient (Wildman–Crippen LogP) is 5.07. The Hall–Kier alpha value is -2.20. The first-order valence-electron chi connectivity index (χ1n) is 10.8. The molecular weight excluding hydrogens is 520 g/mol. The number of alkyl halides is 4. The number of hydrogen-bond acceptors (Lipinski definition) is 4. The van der Waals surface area contributed by atoms with Crippen LogP contribution in [0.15, 0.2) is 39.7 Å². The van der Waals surface area contributed by atoms with Gasteiger partial charge in [0, 0.05) is 36.4 Å². The summed E-state index contributed by atoms with van der Waals surface area (Å²) >= 11 is 3.35. The zero-order valence-corrected chi connectivity index (χ0v) is 21.0. The quantitative estimate of drug-likeness (QED) is 0.375. The molecule has 34 heavy (non-hydrogen) atoms. The van der Waals surface area contributed by atoms with Gasteiger partial charge in [-0.3, -0.25) is 14.3 Å². The van der Waals surface area contributed by atoms with Gasteiger partial charge in [0.2, 0.25) is 0 Å². The van der Waals surface area contributed by atoms with Crippen LogP contribution in [-0.4, -0.2) is 46.8 Å². The lowest BCUT2D eigenvalue weighted by Gasteiger charge is -2.34. The molecule has 0 N–H and O–H groups in total. The molecule has 1 aromatic heterocycles. The Morgan fingerprint density at radius 3 is 2.41 bits per heavy atom. The maximum absolute atomic E-state index is 13.7. The number of aryl methyl sites for hydroxylation is 1. The molecule has 186 valence electrons. The number of ether oxygens (including phenoxy) is 1. The first kappa shape index (κ1) is 26.4. The number of pyridine rings is 1. The van der Waals surface area contributed by atoms with Crippen molar-refractivity contribution in [1.82, 2.24) is 9.47 Å². The van der Waals surface area contributed by atoms with Crippen LogP contribution in [-0.2, 0) is 22.1 Å². The lowest BCUT2D eigenvalue weighted by molar-refractivity contribution is -0.157. The lowest BCUT2D eigenvalue weighted by Crippen LogP contribution is -2.49. The van der Waals surface area contributed by atoms with Gasteiger partial charge in [0.1, 0.15) is 11.8 Å². The smallest absolute Gasteiger partial charge is 0.416 e. The van der Waals surface area contributed by atoms with Crippen molar-refractivity contribution >= 4 is 21.9 Å². The van der Waals surface area contributed by atoms with Gasteiger partial charge in [0.05, 0.1) is 5.56 Å². The highest BCUT2D eigenvalue weighted by Gasteiger charge is 2.37. The minimum atomic E-state index is -4.75. The maximum atomic E-state index is 13.7. The molecule has 1 unspecified atom stereocenters. The monoisotopic (exact) mass is 546 g/mol. The van der Waals surface area contributed by atoms with E-state index >= 15 is 0 Å². The Morgan fingerprint density at radius 1 is 1.21 bits per heavy atom.